The quantitative estimate of drug-likeness (QED) is 0.916. The van der Waals surface area contributed by atoms with E-state index in [1.54, 1.807) is 11.8 Å². The topological polar surface area (TPSA) is 38.3 Å². The molecule has 1 aliphatic heterocycles. The van der Waals surface area contributed by atoms with Crippen LogP contribution in [0.25, 0.3) is 0 Å². The minimum Gasteiger partial charge on any atom is -0.484 e. The van der Waals surface area contributed by atoms with Crippen LogP contribution in [0.1, 0.15) is 18.0 Å². The van der Waals surface area contributed by atoms with E-state index in [1.165, 1.54) is 4.90 Å². The van der Waals surface area contributed by atoms with Crippen molar-refractivity contribution in [3.8, 4) is 5.75 Å². The highest BCUT2D eigenvalue weighted by Gasteiger charge is 2.22. The van der Waals surface area contributed by atoms with E-state index in [-0.39, 0.29) is 18.6 Å². The second kappa shape index (κ2) is 7.07. The Bertz CT molecular complexity index is 663. The summed E-state index contributed by atoms with van der Waals surface area (Å²) >= 11 is 7.87. The molecular formula is C17H16ClNO2S. The number of hydrogen-bond donors (Lipinski definition) is 1. The first-order chi connectivity index (χ1) is 10.7. The van der Waals surface area contributed by atoms with Gasteiger partial charge in [-0.25, -0.2) is 0 Å². The van der Waals surface area contributed by atoms with Crippen molar-refractivity contribution in [3.63, 3.8) is 0 Å². The summed E-state index contributed by atoms with van der Waals surface area (Å²) in [5.41, 5.74) is 1.09. The van der Waals surface area contributed by atoms with Gasteiger partial charge in [0.1, 0.15) is 5.75 Å². The molecule has 1 atom stereocenters. The first-order valence-corrected chi connectivity index (χ1v) is 8.48. The summed E-state index contributed by atoms with van der Waals surface area (Å²) in [6, 6.07) is 15.2. The summed E-state index contributed by atoms with van der Waals surface area (Å²) in [7, 11) is 0. The SMILES string of the molecule is O=C(COc1ccccc1)NC1CCSc2ccc(Cl)cc21. The van der Waals surface area contributed by atoms with Crippen molar-refractivity contribution in [2.45, 2.75) is 17.4 Å². The lowest BCUT2D eigenvalue weighted by atomic mass is 10.0. The summed E-state index contributed by atoms with van der Waals surface area (Å²) < 4.78 is 5.48. The minimum absolute atomic E-state index is 0.00169. The fourth-order valence-electron chi connectivity index (χ4n) is 2.42. The van der Waals surface area contributed by atoms with Crippen LogP contribution in [0.5, 0.6) is 5.75 Å². The number of rotatable bonds is 4. The summed E-state index contributed by atoms with van der Waals surface area (Å²) in [6.07, 6.45) is 0.898. The Hall–Kier alpha value is -1.65. The molecule has 3 nitrogen and oxygen atoms in total. The lowest BCUT2D eigenvalue weighted by Gasteiger charge is -2.26. The van der Waals surface area contributed by atoms with Gasteiger partial charge in [-0.3, -0.25) is 4.79 Å². The molecule has 0 spiro atoms. The number of thioether (sulfide) groups is 1. The zero-order valence-corrected chi connectivity index (χ0v) is 13.5. The Labute approximate surface area is 139 Å². The van der Waals surface area contributed by atoms with Gasteiger partial charge in [0.05, 0.1) is 6.04 Å². The zero-order chi connectivity index (χ0) is 15.4. The van der Waals surface area contributed by atoms with Crippen LogP contribution in [0.3, 0.4) is 0 Å². The van der Waals surface area contributed by atoms with Gasteiger partial charge in [-0.05, 0) is 42.3 Å². The molecule has 5 heteroatoms. The third kappa shape index (κ3) is 3.76. The zero-order valence-electron chi connectivity index (χ0n) is 11.9. The van der Waals surface area contributed by atoms with Gasteiger partial charge >= 0.3 is 0 Å². The third-order valence-electron chi connectivity index (χ3n) is 3.46. The lowest BCUT2D eigenvalue weighted by molar-refractivity contribution is -0.123. The van der Waals surface area contributed by atoms with E-state index < -0.39 is 0 Å². The summed E-state index contributed by atoms with van der Waals surface area (Å²) in [6.45, 7) is 0.0174. The molecule has 0 saturated carbocycles. The number of nitrogens with one attached hydrogen (secondary N) is 1. The van der Waals surface area contributed by atoms with Crippen LogP contribution >= 0.6 is 23.4 Å². The van der Waals surface area contributed by atoms with E-state index in [2.05, 4.69) is 5.32 Å². The van der Waals surface area contributed by atoms with Crippen LogP contribution in [-0.4, -0.2) is 18.3 Å². The number of carbonyl (C=O) groups excluding carboxylic acids is 1. The van der Waals surface area contributed by atoms with Crippen molar-refractivity contribution >= 4 is 29.3 Å². The smallest absolute Gasteiger partial charge is 0.258 e. The summed E-state index contributed by atoms with van der Waals surface area (Å²) in [5, 5.41) is 3.73. The molecule has 0 bridgehead atoms. The van der Waals surface area contributed by atoms with Crippen molar-refractivity contribution < 1.29 is 9.53 Å². The van der Waals surface area contributed by atoms with Crippen molar-refractivity contribution in [1.82, 2.24) is 5.32 Å². The Kier molecular flexibility index (Phi) is 4.90. The van der Waals surface area contributed by atoms with Crippen LogP contribution < -0.4 is 10.1 Å². The average molecular weight is 334 g/mol. The molecule has 0 fully saturated rings. The Morgan fingerprint density at radius 3 is 2.91 bits per heavy atom. The van der Waals surface area contributed by atoms with Crippen molar-refractivity contribution in [2.75, 3.05) is 12.4 Å². The second-order valence-corrected chi connectivity index (χ2v) is 6.61. The Morgan fingerprint density at radius 1 is 1.27 bits per heavy atom. The van der Waals surface area contributed by atoms with E-state index in [4.69, 9.17) is 16.3 Å². The number of para-hydroxylation sites is 1. The molecule has 0 saturated heterocycles. The molecule has 3 rings (SSSR count). The molecular weight excluding hydrogens is 318 g/mol. The van der Waals surface area contributed by atoms with E-state index in [9.17, 15) is 4.79 Å². The molecule has 1 amide bonds. The van der Waals surface area contributed by atoms with Gasteiger partial charge in [-0.2, -0.15) is 0 Å². The number of carbonyl (C=O) groups is 1. The molecule has 0 aliphatic carbocycles. The highest BCUT2D eigenvalue weighted by atomic mass is 35.5. The Balaban J connectivity index is 1.62. The van der Waals surface area contributed by atoms with Gasteiger partial charge in [0, 0.05) is 15.7 Å². The molecule has 1 aliphatic rings. The van der Waals surface area contributed by atoms with E-state index in [0.717, 1.165) is 17.7 Å². The predicted molar refractivity (Wildman–Crippen MR) is 89.6 cm³/mol. The molecule has 114 valence electrons. The highest BCUT2D eigenvalue weighted by molar-refractivity contribution is 7.99. The van der Waals surface area contributed by atoms with Gasteiger partial charge in [-0.1, -0.05) is 29.8 Å². The average Bonchev–Trinajstić information content (AvgIpc) is 2.54. The van der Waals surface area contributed by atoms with Gasteiger partial charge in [0.15, 0.2) is 6.61 Å². The van der Waals surface area contributed by atoms with E-state index in [1.807, 2.05) is 48.5 Å². The first-order valence-electron chi connectivity index (χ1n) is 7.12. The van der Waals surface area contributed by atoms with Crippen molar-refractivity contribution in [1.29, 1.82) is 0 Å². The van der Waals surface area contributed by atoms with Crippen LogP contribution in [0.2, 0.25) is 5.02 Å². The monoisotopic (exact) mass is 333 g/mol. The number of benzene rings is 2. The maximum absolute atomic E-state index is 12.1. The van der Waals surface area contributed by atoms with Gasteiger partial charge in [-0.15, -0.1) is 11.8 Å². The molecule has 1 N–H and O–H groups in total. The van der Waals surface area contributed by atoms with Crippen molar-refractivity contribution in [2.24, 2.45) is 0 Å². The predicted octanol–water partition coefficient (Wildman–Crippen LogP) is 4.07. The summed E-state index contributed by atoms with van der Waals surface area (Å²) in [5.74, 6) is 1.56. The van der Waals surface area contributed by atoms with Gasteiger partial charge in [0.2, 0.25) is 0 Å². The number of amides is 1. The van der Waals surface area contributed by atoms with Crippen LogP contribution in [-0.2, 0) is 4.79 Å². The lowest BCUT2D eigenvalue weighted by Crippen LogP contribution is -2.34. The van der Waals surface area contributed by atoms with Crippen molar-refractivity contribution in [3.05, 3.63) is 59.1 Å². The third-order valence-corrected chi connectivity index (χ3v) is 4.82. The van der Waals surface area contributed by atoms with E-state index in [0.29, 0.717) is 10.8 Å². The van der Waals surface area contributed by atoms with Crippen LogP contribution in [0, 0.1) is 0 Å². The Morgan fingerprint density at radius 2 is 2.09 bits per heavy atom. The molecule has 1 heterocycles. The maximum atomic E-state index is 12.1. The number of fused-ring (bicyclic) bond motifs is 1. The molecule has 2 aromatic carbocycles. The number of ether oxygens (including phenoxy) is 1. The van der Waals surface area contributed by atoms with Gasteiger partial charge < -0.3 is 10.1 Å². The minimum atomic E-state index is -0.119. The van der Waals surface area contributed by atoms with Crippen LogP contribution in [0.4, 0.5) is 0 Å². The molecule has 1 unspecified atom stereocenters. The fraction of sp³-hybridized carbons (Fsp3) is 0.235. The molecule has 0 radical (unpaired) electrons. The second-order valence-electron chi connectivity index (χ2n) is 5.04. The van der Waals surface area contributed by atoms with Gasteiger partial charge in [0.25, 0.3) is 5.91 Å². The largest absolute Gasteiger partial charge is 0.484 e. The fourth-order valence-corrected chi connectivity index (χ4v) is 3.70. The molecule has 2 aromatic rings. The van der Waals surface area contributed by atoms with E-state index >= 15 is 0 Å². The highest BCUT2D eigenvalue weighted by Crippen LogP contribution is 2.37. The first kappa shape index (κ1) is 15.3. The maximum Gasteiger partial charge on any atom is 0.258 e. The standard InChI is InChI=1S/C17H16ClNO2S/c18-12-6-7-16-14(10-12)15(8-9-22-16)19-17(20)11-21-13-4-2-1-3-5-13/h1-7,10,15H,8-9,11H2,(H,19,20). The molecule has 22 heavy (non-hydrogen) atoms. The summed E-state index contributed by atoms with van der Waals surface area (Å²) in [4.78, 5) is 13.3. The number of hydrogen-bond acceptors (Lipinski definition) is 3. The van der Waals surface area contributed by atoms with Crippen LogP contribution in [0.15, 0.2) is 53.4 Å². The number of halogens is 1. The molecule has 0 aromatic heterocycles. The normalized spacial score (nSPS) is 16.7.